The highest BCUT2D eigenvalue weighted by molar-refractivity contribution is 5.78. The summed E-state index contributed by atoms with van der Waals surface area (Å²) in [6.45, 7) is 8.43. The zero-order chi connectivity index (χ0) is 16.2. The van der Waals surface area contributed by atoms with Crippen LogP contribution in [0, 0.1) is 5.41 Å². The molecule has 0 aromatic heterocycles. The van der Waals surface area contributed by atoms with Gasteiger partial charge in [0.05, 0.1) is 19.2 Å². The predicted octanol–water partition coefficient (Wildman–Crippen LogP) is 2.13. The SMILES string of the molecule is CC(C)(C)CCNC(=O)CN1CCc2ccccc2C1CO. The first kappa shape index (κ1) is 17.0. The zero-order valence-electron chi connectivity index (χ0n) is 13.9. The average Bonchev–Trinajstić information content (AvgIpc) is 2.45. The molecule has 1 aromatic rings. The molecule has 0 radical (unpaired) electrons. The molecule has 4 heteroatoms. The number of aliphatic hydroxyl groups excluding tert-OH is 1. The number of carbonyl (C=O) groups excluding carboxylic acids is 1. The Hall–Kier alpha value is -1.39. The molecule has 122 valence electrons. The maximum atomic E-state index is 12.1. The lowest BCUT2D eigenvalue weighted by Crippen LogP contribution is -2.44. The van der Waals surface area contributed by atoms with E-state index < -0.39 is 0 Å². The van der Waals surface area contributed by atoms with E-state index in [0.717, 1.165) is 24.9 Å². The van der Waals surface area contributed by atoms with Gasteiger partial charge < -0.3 is 10.4 Å². The molecule has 1 heterocycles. The lowest BCUT2D eigenvalue weighted by molar-refractivity contribution is -0.123. The number of nitrogens with one attached hydrogen (secondary N) is 1. The van der Waals surface area contributed by atoms with Crippen molar-refractivity contribution in [3.05, 3.63) is 35.4 Å². The number of nitrogens with zero attached hydrogens (tertiary/aromatic N) is 1. The summed E-state index contributed by atoms with van der Waals surface area (Å²) < 4.78 is 0. The van der Waals surface area contributed by atoms with Crippen molar-refractivity contribution in [2.24, 2.45) is 5.41 Å². The summed E-state index contributed by atoms with van der Waals surface area (Å²) in [7, 11) is 0. The quantitative estimate of drug-likeness (QED) is 0.876. The number of aliphatic hydroxyl groups is 1. The van der Waals surface area contributed by atoms with Gasteiger partial charge in [0, 0.05) is 13.1 Å². The smallest absolute Gasteiger partial charge is 0.234 e. The Kier molecular flexibility index (Phi) is 5.59. The lowest BCUT2D eigenvalue weighted by Gasteiger charge is -2.35. The van der Waals surface area contributed by atoms with E-state index in [1.807, 2.05) is 12.1 Å². The highest BCUT2D eigenvalue weighted by atomic mass is 16.3. The van der Waals surface area contributed by atoms with E-state index in [1.54, 1.807) is 0 Å². The number of hydrogen-bond donors (Lipinski definition) is 2. The van der Waals surface area contributed by atoms with Crippen LogP contribution in [0.2, 0.25) is 0 Å². The van der Waals surface area contributed by atoms with Crippen molar-refractivity contribution < 1.29 is 9.90 Å². The highest BCUT2D eigenvalue weighted by Crippen LogP contribution is 2.28. The van der Waals surface area contributed by atoms with E-state index in [-0.39, 0.29) is 24.0 Å². The highest BCUT2D eigenvalue weighted by Gasteiger charge is 2.27. The Morgan fingerprint density at radius 2 is 2.09 bits per heavy atom. The molecule has 0 bridgehead atoms. The van der Waals surface area contributed by atoms with Crippen molar-refractivity contribution >= 4 is 5.91 Å². The molecule has 22 heavy (non-hydrogen) atoms. The van der Waals surface area contributed by atoms with Crippen LogP contribution < -0.4 is 5.32 Å². The minimum atomic E-state index is -0.0710. The summed E-state index contributed by atoms with van der Waals surface area (Å²) in [5.41, 5.74) is 2.66. The van der Waals surface area contributed by atoms with Gasteiger partial charge in [-0.2, -0.15) is 0 Å². The molecule has 2 N–H and O–H groups in total. The summed E-state index contributed by atoms with van der Waals surface area (Å²) in [5, 5.41) is 12.7. The zero-order valence-corrected chi connectivity index (χ0v) is 13.9. The number of carbonyl (C=O) groups is 1. The topological polar surface area (TPSA) is 52.6 Å². The standard InChI is InChI=1S/C18H28N2O2/c1-18(2,3)9-10-19-17(22)12-20-11-8-14-6-4-5-7-15(14)16(20)13-21/h4-7,16,21H,8-13H2,1-3H3,(H,19,22). The van der Waals surface area contributed by atoms with Gasteiger partial charge in [0.2, 0.25) is 5.91 Å². The summed E-state index contributed by atoms with van der Waals surface area (Å²) in [6.07, 6.45) is 1.90. The van der Waals surface area contributed by atoms with Gasteiger partial charge in [-0.15, -0.1) is 0 Å². The first-order valence-electron chi connectivity index (χ1n) is 8.10. The number of fused-ring (bicyclic) bond motifs is 1. The van der Waals surface area contributed by atoms with Crippen LogP contribution in [-0.2, 0) is 11.2 Å². The molecule has 0 aliphatic carbocycles. The Morgan fingerprint density at radius 3 is 2.77 bits per heavy atom. The third kappa shape index (κ3) is 4.55. The Morgan fingerprint density at radius 1 is 1.36 bits per heavy atom. The molecule has 0 fully saturated rings. The van der Waals surface area contributed by atoms with Gasteiger partial charge in [-0.1, -0.05) is 45.0 Å². The largest absolute Gasteiger partial charge is 0.394 e. The molecule has 2 rings (SSSR count). The Bertz CT molecular complexity index is 508. The molecule has 1 atom stereocenters. The van der Waals surface area contributed by atoms with E-state index in [2.05, 4.69) is 43.1 Å². The van der Waals surface area contributed by atoms with Gasteiger partial charge in [0.15, 0.2) is 0 Å². The van der Waals surface area contributed by atoms with Crippen LogP contribution in [-0.4, -0.2) is 42.2 Å². The van der Waals surface area contributed by atoms with Crippen LogP contribution >= 0.6 is 0 Å². The third-order valence-corrected chi connectivity index (χ3v) is 4.24. The normalized spacial score (nSPS) is 18.8. The summed E-state index contributed by atoms with van der Waals surface area (Å²) >= 11 is 0. The van der Waals surface area contributed by atoms with Crippen LogP contribution in [0.25, 0.3) is 0 Å². The molecule has 0 spiro atoms. The number of hydrogen-bond acceptors (Lipinski definition) is 3. The molecule has 1 amide bonds. The molecule has 1 unspecified atom stereocenters. The summed E-state index contributed by atoms with van der Waals surface area (Å²) in [5.74, 6) is 0.0436. The minimum Gasteiger partial charge on any atom is -0.394 e. The molecule has 0 saturated carbocycles. The van der Waals surface area contributed by atoms with Crippen LogP contribution in [0.1, 0.15) is 44.4 Å². The maximum Gasteiger partial charge on any atom is 0.234 e. The summed E-state index contributed by atoms with van der Waals surface area (Å²) in [6, 6.07) is 8.12. The van der Waals surface area contributed by atoms with Crippen LogP contribution in [0.4, 0.5) is 0 Å². The molecule has 1 aromatic carbocycles. The van der Waals surface area contributed by atoms with Gasteiger partial charge in [-0.05, 0) is 29.4 Å². The number of amides is 1. The second kappa shape index (κ2) is 7.25. The molecule has 4 nitrogen and oxygen atoms in total. The van der Waals surface area contributed by atoms with E-state index in [0.29, 0.717) is 13.1 Å². The van der Waals surface area contributed by atoms with E-state index in [1.165, 1.54) is 5.56 Å². The maximum absolute atomic E-state index is 12.1. The van der Waals surface area contributed by atoms with E-state index in [9.17, 15) is 9.90 Å². The van der Waals surface area contributed by atoms with Gasteiger partial charge in [0.1, 0.15) is 0 Å². The number of rotatable bonds is 5. The summed E-state index contributed by atoms with van der Waals surface area (Å²) in [4.78, 5) is 14.2. The van der Waals surface area contributed by atoms with E-state index in [4.69, 9.17) is 0 Å². The fraction of sp³-hybridized carbons (Fsp3) is 0.611. The van der Waals surface area contributed by atoms with Crippen LogP contribution in [0.3, 0.4) is 0 Å². The van der Waals surface area contributed by atoms with Crippen molar-refractivity contribution in [3.8, 4) is 0 Å². The Balaban J connectivity index is 1.91. The first-order chi connectivity index (χ1) is 10.4. The average molecular weight is 304 g/mol. The monoisotopic (exact) mass is 304 g/mol. The van der Waals surface area contributed by atoms with Crippen LogP contribution in [0.5, 0.6) is 0 Å². The fourth-order valence-electron chi connectivity index (χ4n) is 2.92. The van der Waals surface area contributed by atoms with Crippen molar-refractivity contribution in [2.45, 2.75) is 39.7 Å². The second-order valence-corrected chi connectivity index (χ2v) is 7.28. The molecular formula is C18H28N2O2. The van der Waals surface area contributed by atoms with Gasteiger partial charge in [0.25, 0.3) is 0 Å². The number of benzene rings is 1. The molecule has 1 aliphatic rings. The Labute approximate surface area is 133 Å². The fourth-order valence-corrected chi connectivity index (χ4v) is 2.92. The molecule has 0 saturated heterocycles. The first-order valence-corrected chi connectivity index (χ1v) is 8.10. The van der Waals surface area contributed by atoms with Crippen LogP contribution in [0.15, 0.2) is 24.3 Å². The van der Waals surface area contributed by atoms with Gasteiger partial charge >= 0.3 is 0 Å². The van der Waals surface area contributed by atoms with Gasteiger partial charge in [-0.3, -0.25) is 9.69 Å². The lowest BCUT2D eigenvalue weighted by atomic mass is 9.92. The molecule has 1 aliphatic heterocycles. The molecular weight excluding hydrogens is 276 g/mol. The van der Waals surface area contributed by atoms with Crippen molar-refractivity contribution in [2.75, 3.05) is 26.2 Å². The predicted molar refractivity (Wildman–Crippen MR) is 88.6 cm³/mol. The van der Waals surface area contributed by atoms with E-state index >= 15 is 0 Å². The third-order valence-electron chi connectivity index (χ3n) is 4.24. The van der Waals surface area contributed by atoms with Crippen molar-refractivity contribution in [1.82, 2.24) is 10.2 Å². The minimum absolute atomic E-state index is 0.0436. The van der Waals surface area contributed by atoms with Crippen molar-refractivity contribution in [1.29, 1.82) is 0 Å². The second-order valence-electron chi connectivity index (χ2n) is 7.28. The van der Waals surface area contributed by atoms with Gasteiger partial charge in [-0.25, -0.2) is 0 Å². The van der Waals surface area contributed by atoms with Crippen molar-refractivity contribution in [3.63, 3.8) is 0 Å².